The van der Waals surface area contributed by atoms with Crippen LogP contribution in [0, 0.1) is 0 Å². The Morgan fingerprint density at radius 3 is 2.58 bits per heavy atom. The van der Waals surface area contributed by atoms with Gasteiger partial charge in [0.1, 0.15) is 5.75 Å². The van der Waals surface area contributed by atoms with Crippen molar-refractivity contribution in [2.24, 2.45) is 0 Å². The zero-order chi connectivity index (χ0) is 19.2. The number of sulfonamides is 1. The van der Waals surface area contributed by atoms with Crippen LogP contribution in [0.4, 0.5) is 5.69 Å². The van der Waals surface area contributed by atoms with Crippen molar-refractivity contribution in [1.82, 2.24) is 9.62 Å². The minimum Gasteiger partial charge on any atom is -0.496 e. The monoisotopic (exact) mass is 393 g/mol. The van der Waals surface area contributed by atoms with E-state index in [9.17, 15) is 8.42 Å². The second-order valence-corrected chi connectivity index (χ2v) is 8.32. The summed E-state index contributed by atoms with van der Waals surface area (Å²) in [6, 6.07) is 14.4. The zero-order valence-corrected chi connectivity index (χ0v) is 16.7. The first-order valence-electron chi connectivity index (χ1n) is 8.04. The van der Waals surface area contributed by atoms with Gasteiger partial charge < -0.3 is 15.4 Å². The molecule has 0 aliphatic rings. The number of anilines is 1. The summed E-state index contributed by atoms with van der Waals surface area (Å²) in [7, 11) is 1.16. The fourth-order valence-corrected chi connectivity index (χ4v) is 3.51. The second-order valence-electron chi connectivity index (χ2n) is 5.76. The maximum atomic E-state index is 12.2. The van der Waals surface area contributed by atoms with E-state index < -0.39 is 10.0 Å². The first-order chi connectivity index (χ1) is 12.3. The molecule has 0 spiro atoms. The van der Waals surface area contributed by atoms with Crippen LogP contribution < -0.4 is 15.4 Å². The van der Waals surface area contributed by atoms with Crippen molar-refractivity contribution in [3.63, 3.8) is 0 Å². The molecule has 0 saturated heterocycles. The van der Waals surface area contributed by atoms with Crippen LogP contribution in [0.3, 0.4) is 0 Å². The zero-order valence-electron chi connectivity index (χ0n) is 15.0. The standard InChI is InChI=1S/C18H23N3O3S2/c1-21(2)26(22,23)16-9-6-8-15(13-16)20-18(25)19-12-11-14-7-4-5-10-17(14)24-3/h4-10,13H,11-12H2,1-3H3,(H2,19,20,25). The van der Waals surface area contributed by atoms with Crippen molar-refractivity contribution in [2.45, 2.75) is 11.3 Å². The highest BCUT2D eigenvalue weighted by molar-refractivity contribution is 7.89. The normalized spacial score (nSPS) is 11.2. The van der Waals surface area contributed by atoms with Crippen LogP contribution in [0.2, 0.25) is 0 Å². The van der Waals surface area contributed by atoms with Crippen LogP contribution in [0.25, 0.3) is 0 Å². The summed E-state index contributed by atoms with van der Waals surface area (Å²) in [5.74, 6) is 0.842. The van der Waals surface area contributed by atoms with Gasteiger partial charge in [-0.1, -0.05) is 24.3 Å². The van der Waals surface area contributed by atoms with E-state index in [1.807, 2.05) is 24.3 Å². The summed E-state index contributed by atoms with van der Waals surface area (Å²) in [4.78, 5) is 0.212. The summed E-state index contributed by atoms with van der Waals surface area (Å²) in [6.07, 6.45) is 0.751. The molecule has 0 unspecified atom stereocenters. The SMILES string of the molecule is COc1ccccc1CCNC(=S)Nc1cccc(S(=O)(=O)N(C)C)c1. The molecule has 140 valence electrons. The summed E-state index contributed by atoms with van der Waals surface area (Å²) in [6.45, 7) is 0.627. The lowest BCUT2D eigenvalue weighted by Crippen LogP contribution is -2.30. The number of thiocarbonyl (C=S) groups is 1. The van der Waals surface area contributed by atoms with Gasteiger partial charge >= 0.3 is 0 Å². The van der Waals surface area contributed by atoms with Crippen LogP contribution in [-0.2, 0) is 16.4 Å². The first kappa shape index (κ1) is 20.2. The van der Waals surface area contributed by atoms with E-state index in [1.165, 1.54) is 18.4 Å². The number of methoxy groups -OCH3 is 1. The molecular weight excluding hydrogens is 370 g/mol. The minimum atomic E-state index is -3.48. The number of para-hydroxylation sites is 1. The average Bonchev–Trinajstić information content (AvgIpc) is 2.62. The van der Waals surface area contributed by atoms with Crippen molar-refractivity contribution in [3.05, 3.63) is 54.1 Å². The number of benzene rings is 2. The summed E-state index contributed by atoms with van der Waals surface area (Å²) >= 11 is 5.29. The van der Waals surface area contributed by atoms with Crippen molar-refractivity contribution >= 4 is 33.0 Å². The van der Waals surface area contributed by atoms with E-state index in [1.54, 1.807) is 31.4 Å². The second kappa shape index (κ2) is 8.98. The molecule has 26 heavy (non-hydrogen) atoms. The van der Waals surface area contributed by atoms with Crippen molar-refractivity contribution in [3.8, 4) is 5.75 Å². The smallest absolute Gasteiger partial charge is 0.242 e. The van der Waals surface area contributed by atoms with E-state index in [0.717, 1.165) is 17.7 Å². The molecule has 6 nitrogen and oxygen atoms in total. The number of ether oxygens (including phenoxy) is 1. The van der Waals surface area contributed by atoms with E-state index in [4.69, 9.17) is 17.0 Å². The van der Waals surface area contributed by atoms with Gasteiger partial charge in [-0.2, -0.15) is 0 Å². The van der Waals surface area contributed by atoms with Gasteiger partial charge in [-0.05, 0) is 48.5 Å². The fourth-order valence-electron chi connectivity index (χ4n) is 2.34. The van der Waals surface area contributed by atoms with Crippen LogP contribution in [-0.4, -0.2) is 45.6 Å². The summed E-state index contributed by atoms with van der Waals surface area (Å²) in [5, 5.41) is 6.56. The highest BCUT2D eigenvalue weighted by Crippen LogP contribution is 2.18. The Labute approximate surface area is 160 Å². The van der Waals surface area contributed by atoms with Gasteiger partial charge in [-0.25, -0.2) is 12.7 Å². The molecule has 2 aromatic rings. The number of rotatable bonds is 7. The number of hydrogen-bond acceptors (Lipinski definition) is 4. The molecule has 0 amide bonds. The molecule has 0 atom stereocenters. The summed E-state index contributed by atoms with van der Waals surface area (Å²) in [5.41, 5.74) is 1.70. The van der Waals surface area contributed by atoms with Crippen LogP contribution in [0.1, 0.15) is 5.56 Å². The molecule has 0 bridgehead atoms. The largest absolute Gasteiger partial charge is 0.496 e. The van der Waals surface area contributed by atoms with Gasteiger partial charge in [0.25, 0.3) is 0 Å². The molecule has 0 aliphatic heterocycles. The van der Waals surface area contributed by atoms with Gasteiger partial charge in [0, 0.05) is 26.3 Å². The maximum Gasteiger partial charge on any atom is 0.242 e. The maximum absolute atomic E-state index is 12.2. The average molecular weight is 394 g/mol. The molecular formula is C18H23N3O3S2. The quantitative estimate of drug-likeness (QED) is 0.705. The van der Waals surface area contributed by atoms with E-state index in [-0.39, 0.29) is 4.90 Å². The van der Waals surface area contributed by atoms with Crippen molar-refractivity contribution < 1.29 is 13.2 Å². The molecule has 0 fully saturated rings. The first-order valence-corrected chi connectivity index (χ1v) is 9.89. The third-order valence-corrected chi connectivity index (χ3v) is 5.80. The van der Waals surface area contributed by atoms with Crippen molar-refractivity contribution in [1.29, 1.82) is 0 Å². The highest BCUT2D eigenvalue weighted by atomic mass is 32.2. The predicted octanol–water partition coefficient (Wildman–Crippen LogP) is 2.47. The molecule has 0 radical (unpaired) electrons. The van der Waals surface area contributed by atoms with E-state index in [0.29, 0.717) is 17.3 Å². The van der Waals surface area contributed by atoms with Gasteiger partial charge in [-0.3, -0.25) is 0 Å². The Morgan fingerprint density at radius 2 is 1.88 bits per heavy atom. The Hall–Kier alpha value is -2.16. The molecule has 2 N–H and O–H groups in total. The molecule has 8 heteroatoms. The minimum absolute atomic E-state index is 0.212. The third-order valence-electron chi connectivity index (χ3n) is 3.74. The van der Waals surface area contributed by atoms with Gasteiger partial charge in [0.2, 0.25) is 10.0 Å². The lowest BCUT2D eigenvalue weighted by atomic mass is 10.1. The van der Waals surface area contributed by atoms with Crippen LogP contribution in [0.15, 0.2) is 53.4 Å². The van der Waals surface area contributed by atoms with Crippen LogP contribution >= 0.6 is 12.2 Å². The Kier molecular flexibility index (Phi) is 6.96. The molecule has 0 aromatic heterocycles. The number of hydrogen-bond donors (Lipinski definition) is 2. The predicted molar refractivity (Wildman–Crippen MR) is 108 cm³/mol. The van der Waals surface area contributed by atoms with Crippen molar-refractivity contribution in [2.75, 3.05) is 33.1 Å². The number of nitrogens with one attached hydrogen (secondary N) is 2. The lowest BCUT2D eigenvalue weighted by Gasteiger charge is -2.14. The van der Waals surface area contributed by atoms with Gasteiger partial charge in [0.05, 0.1) is 12.0 Å². The Morgan fingerprint density at radius 1 is 1.15 bits per heavy atom. The molecule has 0 saturated carbocycles. The topological polar surface area (TPSA) is 70.7 Å². The Balaban J connectivity index is 1.94. The lowest BCUT2D eigenvalue weighted by molar-refractivity contribution is 0.409. The van der Waals surface area contributed by atoms with Gasteiger partial charge in [-0.15, -0.1) is 0 Å². The van der Waals surface area contributed by atoms with Crippen LogP contribution in [0.5, 0.6) is 5.75 Å². The molecule has 0 aliphatic carbocycles. The number of nitrogens with zero attached hydrogens (tertiary/aromatic N) is 1. The third kappa shape index (κ3) is 5.17. The summed E-state index contributed by atoms with van der Waals surface area (Å²) < 4.78 is 30.9. The fraction of sp³-hybridized carbons (Fsp3) is 0.278. The van der Waals surface area contributed by atoms with E-state index >= 15 is 0 Å². The van der Waals surface area contributed by atoms with E-state index in [2.05, 4.69) is 10.6 Å². The van der Waals surface area contributed by atoms with Gasteiger partial charge in [0.15, 0.2) is 5.11 Å². The molecule has 0 heterocycles. The Bertz CT molecular complexity index is 867. The molecule has 2 aromatic carbocycles. The highest BCUT2D eigenvalue weighted by Gasteiger charge is 2.17. The molecule has 2 rings (SSSR count).